The molecule has 0 radical (unpaired) electrons. The Morgan fingerprint density at radius 2 is 1.95 bits per heavy atom. The van der Waals surface area contributed by atoms with Crippen LogP contribution in [0.1, 0.15) is 49.5 Å². The standard InChI is InChI=1S/C16H24N2O3/c1-5-10(2)9-12(4)17-16(21)18-14-11(3)7-6-8-13(14)15(19)20/h6-8,10,12H,5,9H2,1-4H3,(H,19,20)(H2,17,18,21). The van der Waals surface area contributed by atoms with Crippen molar-refractivity contribution in [1.29, 1.82) is 0 Å². The SMILES string of the molecule is CCC(C)CC(C)NC(=O)Nc1c(C)cccc1C(=O)O. The average molecular weight is 292 g/mol. The van der Waals surface area contributed by atoms with Gasteiger partial charge in [0.2, 0.25) is 0 Å². The fraction of sp³-hybridized carbons (Fsp3) is 0.500. The van der Waals surface area contributed by atoms with Gasteiger partial charge in [0.05, 0.1) is 11.3 Å². The summed E-state index contributed by atoms with van der Waals surface area (Å²) >= 11 is 0. The first-order chi connectivity index (χ1) is 9.85. The largest absolute Gasteiger partial charge is 0.478 e. The van der Waals surface area contributed by atoms with E-state index in [-0.39, 0.29) is 17.6 Å². The molecule has 2 atom stereocenters. The lowest BCUT2D eigenvalue weighted by Crippen LogP contribution is -2.37. The molecule has 1 rings (SSSR count). The molecule has 0 spiro atoms. The Labute approximate surface area is 125 Å². The number of hydrogen-bond acceptors (Lipinski definition) is 2. The third kappa shape index (κ3) is 5.10. The van der Waals surface area contributed by atoms with E-state index >= 15 is 0 Å². The molecule has 116 valence electrons. The van der Waals surface area contributed by atoms with E-state index in [0.29, 0.717) is 11.6 Å². The third-order valence-corrected chi connectivity index (χ3v) is 3.57. The smallest absolute Gasteiger partial charge is 0.337 e. The first kappa shape index (κ1) is 17.0. The summed E-state index contributed by atoms with van der Waals surface area (Å²) in [7, 11) is 0. The fourth-order valence-corrected chi connectivity index (χ4v) is 2.21. The summed E-state index contributed by atoms with van der Waals surface area (Å²) in [5, 5.41) is 14.7. The van der Waals surface area contributed by atoms with Crippen LogP contribution in [0.3, 0.4) is 0 Å². The minimum Gasteiger partial charge on any atom is -0.478 e. The molecule has 5 nitrogen and oxygen atoms in total. The van der Waals surface area contributed by atoms with Gasteiger partial charge in [-0.1, -0.05) is 32.4 Å². The van der Waals surface area contributed by atoms with Crippen LogP contribution < -0.4 is 10.6 Å². The zero-order valence-corrected chi connectivity index (χ0v) is 13.1. The lowest BCUT2D eigenvalue weighted by molar-refractivity contribution is 0.0698. The molecule has 0 heterocycles. The van der Waals surface area contributed by atoms with Crippen LogP contribution in [0.5, 0.6) is 0 Å². The second-order valence-electron chi connectivity index (χ2n) is 5.55. The number of aryl methyl sites for hydroxylation is 1. The van der Waals surface area contributed by atoms with Crippen LogP contribution in [0.25, 0.3) is 0 Å². The highest BCUT2D eigenvalue weighted by Gasteiger charge is 2.16. The monoisotopic (exact) mass is 292 g/mol. The molecule has 0 aliphatic rings. The summed E-state index contributed by atoms with van der Waals surface area (Å²) in [5.74, 6) is -0.519. The Kier molecular flexibility index (Phi) is 6.21. The van der Waals surface area contributed by atoms with Crippen molar-refractivity contribution in [2.24, 2.45) is 5.92 Å². The van der Waals surface area contributed by atoms with Crippen molar-refractivity contribution in [3.63, 3.8) is 0 Å². The quantitative estimate of drug-likeness (QED) is 0.749. The van der Waals surface area contributed by atoms with E-state index in [1.54, 1.807) is 19.1 Å². The number of carbonyl (C=O) groups excluding carboxylic acids is 1. The molecule has 0 aromatic heterocycles. The van der Waals surface area contributed by atoms with Gasteiger partial charge in [-0.3, -0.25) is 0 Å². The van der Waals surface area contributed by atoms with E-state index in [4.69, 9.17) is 5.11 Å². The molecule has 0 saturated heterocycles. The summed E-state index contributed by atoms with van der Waals surface area (Å²) in [6, 6.07) is 4.57. The second-order valence-corrected chi connectivity index (χ2v) is 5.55. The van der Waals surface area contributed by atoms with Crippen LogP contribution in [-0.2, 0) is 0 Å². The lowest BCUT2D eigenvalue weighted by Gasteiger charge is -2.19. The highest BCUT2D eigenvalue weighted by atomic mass is 16.4. The van der Waals surface area contributed by atoms with E-state index < -0.39 is 5.97 Å². The Bertz CT molecular complexity index is 514. The molecule has 1 aromatic carbocycles. The number of para-hydroxylation sites is 1. The summed E-state index contributed by atoms with van der Waals surface area (Å²) in [5.41, 5.74) is 1.16. The molecule has 1 aromatic rings. The van der Waals surface area contributed by atoms with Crippen LogP contribution in [0.4, 0.5) is 10.5 Å². The highest BCUT2D eigenvalue weighted by Crippen LogP contribution is 2.20. The van der Waals surface area contributed by atoms with Gasteiger partial charge in [0.1, 0.15) is 0 Å². The van der Waals surface area contributed by atoms with Crippen molar-refractivity contribution in [2.75, 3.05) is 5.32 Å². The summed E-state index contributed by atoms with van der Waals surface area (Å²) < 4.78 is 0. The average Bonchev–Trinajstić information content (AvgIpc) is 2.40. The number of carbonyl (C=O) groups is 2. The zero-order chi connectivity index (χ0) is 16.0. The van der Waals surface area contributed by atoms with Gasteiger partial charge in [-0.05, 0) is 37.8 Å². The van der Waals surface area contributed by atoms with Crippen molar-refractivity contribution in [1.82, 2.24) is 5.32 Å². The van der Waals surface area contributed by atoms with Crippen LogP contribution >= 0.6 is 0 Å². The maximum atomic E-state index is 12.0. The molecule has 3 N–H and O–H groups in total. The Hall–Kier alpha value is -2.04. The van der Waals surface area contributed by atoms with Crippen molar-refractivity contribution in [3.8, 4) is 0 Å². The topological polar surface area (TPSA) is 78.4 Å². The number of carboxylic acid groups (broad SMARTS) is 1. The summed E-state index contributed by atoms with van der Waals surface area (Å²) in [4.78, 5) is 23.2. The Morgan fingerprint density at radius 3 is 2.52 bits per heavy atom. The van der Waals surface area contributed by atoms with E-state index in [1.165, 1.54) is 6.07 Å². The van der Waals surface area contributed by atoms with Crippen LogP contribution in [0, 0.1) is 12.8 Å². The molecule has 5 heteroatoms. The van der Waals surface area contributed by atoms with Gasteiger partial charge < -0.3 is 15.7 Å². The first-order valence-corrected chi connectivity index (χ1v) is 7.25. The molecule has 2 unspecified atom stereocenters. The minimum absolute atomic E-state index is 0.0391. The number of anilines is 1. The summed E-state index contributed by atoms with van der Waals surface area (Å²) in [6.45, 7) is 7.97. The number of nitrogens with one attached hydrogen (secondary N) is 2. The van der Waals surface area contributed by atoms with Gasteiger partial charge >= 0.3 is 12.0 Å². The van der Waals surface area contributed by atoms with Crippen molar-refractivity contribution >= 4 is 17.7 Å². The molecule has 0 fully saturated rings. The highest BCUT2D eigenvalue weighted by molar-refractivity contribution is 6.01. The van der Waals surface area contributed by atoms with Gasteiger partial charge in [-0.15, -0.1) is 0 Å². The second kappa shape index (κ2) is 7.67. The normalized spacial score (nSPS) is 13.3. The molecular formula is C16H24N2O3. The van der Waals surface area contributed by atoms with Gasteiger partial charge in [0.15, 0.2) is 0 Å². The van der Waals surface area contributed by atoms with Gasteiger partial charge in [-0.2, -0.15) is 0 Å². The van der Waals surface area contributed by atoms with Crippen LogP contribution in [0.15, 0.2) is 18.2 Å². The molecule has 2 amide bonds. The van der Waals surface area contributed by atoms with Crippen LogP contribution in [0.2, 0.25) is 0 Å². The summed E-state index contributed by atoms with van der Waals surface area (Å²) in [6.07, 6.45) is 1.96. The van der Waals surface area contributed by atoms with E-state index in [9.17, 15) is 9.59 Å². The Morgan fingerprint density at radius 1 is 1.29 bits per heavy atom. The number of benzene rings is 1. The van der Waals surface area contributed by atoms with Gasteiger partial charge in [-0.25, -0.2) is 9.59 Å². The molecule has 0 aliphatic carbocycles. The van der Waals surface area contributed by atoms with Crippen LogP contribution in [-0.4, -0.2) is 23.1 Å². The number of hydrogen-bond donors (Lipinski definition) is 3. The first-order valence-electron chi connectivity index (χ1n) is 7.25. The van der Waals surface area contributed by atoms with Crippen molar-refractivity contribution in [2.45, 2.75) is 46.6 Å². The van der Waals surface area contributed by atoms with Crippen molar-refractivity contribution < 1.29 is 14.7 Å². The maximum Gasteiger partial charge on any atom is 0.337 e. The third-order valence-electron chi connectivity index (χ3n) is 3.57. The number of amides is 2. The number of aromatic carboxylic acids is 1. The number of rotatable bonds is 6. The Balaban J connectivity index is 2.73. The zero-order valence-electron chi connectivity index (χ0n) is 13.1. The van der Waals surface area contributed by atoms with E-state index in [0.717, 1.165) is 18.4 Å². The lowest BCUT2D eigenvalue weighted by atomic mass is 10.0. The van der Waals surface area contributed by atoms with E-state index in [1.807, 2.05) is 6.92 Å². The van der Waals surface area contributed by atoms with Gasteiger partial charge in [0, 0.05) is 6.04 Å². The fourth-order valence-electron chi connectivity index (χ4n) is 2.21. The molecule has 0 bridgehead atoms. The molecule has 0 saturated carbocycles. The number of carboxylic acids is 1. The van der Waals surface area contributed by atoms with E-state index in [2.05, 4.69) is 24.5 Å². The van der Waals surface area contributed by atoms with Gasteiger partial charge in [0.25, 0.3) is 0 Å². The maximum absolute atomic E-state index is 12.0. The molecule has 21 heavy (non-hydrogen) atoms. The molecular weight excluding hydrogens is 268 g/mol. The number of urea groups is 1. The predicted molar refractivity (Wildman–Crippen MR) is 83.8 cm³/mol. The minimum atomic E-state index is -1.05. The predicted octanol–water partition coefficient (Wildman–Crippen LogP) is 3.64. The van der Waals surface area contributed by atoms with Crippen molar-refractivity contribution in [3.05, 3.63) is 29.3 Å². The molecule has 0 aliphatic heterocycles.